The number of rotatable bonds is 5. The summed E-state index contributed by atoms with van der Waals surface area (Å²) in [6.07, 6.45) is 5.91. The third-order valence-electron chi connectivity index (χ3n) is 7.94. The van der Waals surface area contributed by atoms with Gasteiger partial charge in [-0.3, -0.25) is 4.90 Å². The summed E-state index contributed by atoms with van der Waals surface area (Å²) in [6.45, 7) is 11.0. The van der Waals surface area contributed by atoms with Crippen LogP contribution in [0.15, 0.2) is 42.9 Å². The number of H-pyrrole nitrogens is 1. The van der Waals surface area contributed by atoms with Crippen molar-refractivity contribution in [3.63, 3.8) is 0 Å². The quantitative estimate of drug-likeness (QED) is 0.330. The molecule has 3 aromatic heterocycles. The number of pyridine rings is 1. The highest BCUT2D eigenvalue weighted by Crippen LogP contribution is 2.39. The smallest absolute Gasteiger partial charge is 0.197 e. The molecule has 1 aliphatic rings. The number of aliphatic hydroxyl groups is 1. The van der Waals surface area contributed by atoms with Gasteiger partial charge >= 0.3 is 0 Å². The second kappa shape index (κ2) is 8.85. The number of aromatic nitrogens is 4. The largest absolute Gasteiger partial charge is 0.493 e. The lowest BCUT2D eigenvalue weighted by molar-refractivity contribution is 0.0272. The number of fused-ring (bicyclic) bond motifs is 4. The Kier molecular flexibility index (Phi) is 5.73. The minimum Gasteiger partial charge on any atom is -0.493 e. The number of nitrogens with zero attached hydrogens (tertiary/aromatic N) is 4. The Morgan fingerprint density at radius 3 is 2.76 bits per heavy atom. The van der Waals surface area contributed by atoms with Gasteiger partial charge in [0.1, 0.15) is 6.33 Å². The van der Waals surface area contributed by atoms with E-state index in [1.807, 2.05) is 26.1 Å². The zero-order valence-electron chi connectivity index (χ0n) is 22.3. The van der Waals surface area contributed by atoms with Crippen LogP contribution in [0.3, 0.4) is 0 Å². The summed E-state index contributed by atoms with van der Waals surface area (Å²) in [4.78, 5) is 10.4. The molecule has 1 unspecified atom stereocenters. The Labute approximate surface area is 217 Å². The molecule has 0 saturated carbocycles. The van der Waals surface area contributed by atoms with E-state index in [1.54, 1.807) is 18.0 Å². The molecule has 6 rings (SSSR count). The van der Waals surface area contributed by atoms with Crippen molar-refractivity contribution in [1.29, 1.82) is 0 Å². The van der Waals surface area contributed by atoms with E-state index in [9.17, 15) is 5.11 Å². The molecule has 4 heterocycles. The van der Waals surface area contributed by atoms with Crippen molar-refractivity contribution in [3.05, 3.63) is 59.5 Å². The van der Waals surface area contributed by atoms with Gasteiger partial charge in [0, 0.05) is 46.7 Å². The summed E-state index contributed by atoms with van der Waals surface area (Å²) >= 11 is 0. The van der Waals surface area contributed by atoms with E-state index in [0.29, 0.717) is 23.9 Å². The van der Waals surface area contributed by atoms with E-state index < -0.39 is 5.60 Å². The van der Waals surface area contributed by atoms with Gasteiger partial charge in [0.25, 0.3) is 0 Å². The van der Waals surface area contributed by atoms with Crippen LogP contribution in [-0.2, 0) is 0 Å². The molecule has 0 spiro atoms. The fourth-order valence-corrected chi connectivity index (χ4v) is 6.15. The number of benzene rings is 2. The van der Waals surface area contributed by atoms with Gasteiger partial charge in [0.15, 0.2) is 11.4 Å². The normalized spacial score (nSPS) is 17.3. The summed E-state index contributed by atoms with van der Waals surface area (Å²) in [5.41, 5.74) is 8.45. The Balaban J connectivity index is 1.42. The van der Waals surface area contributed by atoms with Crippen LogP contribution in [0.5, 0.6) is 5.75 Å². The molecular formula is C30H35N5O2. The number of aromatic amines is 1. The lowest BCUT2D eigenvalue weighted by Crippen LogP contribution is -2.43. The Morgan fingerprint density at radius 2 is 1.97 bits per heavy atom. The van der Waals surface area contributed by atoms with Gasteiger partial charge in [0.05, 0.1) is 12.7 Å². The highest BCUT2D eigenvalue weighted by Gasteiger charge is 2.26. The third kappa shape index (κ3) is 4.26. The topological polar surface area (TPSA) is 78.7 Å². The first-order valence-electron chi connectivity index (χ1n) is 13.1. The number of ether oxygens (including phenoxy) is 1. The van der Waals surface area contributed by atoms with Crippen molar-refractivity contribution >= 4 is 27.5 Å². The van der Waals surface area contributed by atoms with Crippen molar-refractivity contribution in [2.24, 2.45) is 0 Å². The van der Waals surface area contributed by atoms with Crippen molar-refractivity contribution < 1.29 is 9.84 Å². The number of aryl methyl sites for hydroxylation is 1. The molecule has 5 aromatic rings. The molecule has 0 aliphatic carbocycles. The molecule has 0 amide bonds. The lowest BCUT2D eigenvalue weighted by Gasteiger charge is -2.36. The molecule has 192 valence electrons. The third-order valence-corrected chi connectivity index (χ3v) is 7.94. The average Bonchev–Trinajstić information content (AvgIpc) is 3.48. The minimum absolute atomic E-state index is 0.480. The van der Waals surface area contributed by atoms with Crippen molar-refractivity contribution in [2.75, 3.05) is 26.7 Å². The first-order valence-corrected chi connectivity index (χ1v) is 13.1. The van der Waals surface area contributed by atoms with Crippen molar-refractivity contribution in [1.82, 2.24) is 24.5 Å². The maximum Gasteiger partial charge on any atom is 0.197 e. The molecule has 1 atom stereocenters. The van der Waals surface area contributed by atoms with E-state index in [-0.39, 0.29) is 0 Å². The summed E-state index contributed by atoms with van der Waals surface area (Å²) in [5.74, 6) is 1.19. The highest BCUT2D eigenvalue weighted by atomic mass is 16.5. The highest BCUT2D eigenvalue weighted by molar-refractivity contribution is 6.11. The maximum atomic E-state index is 10.3. The molecule has 37 heavy (non-hydrogen) atoms. The molecule has 2 N–H and O–H groups in total. The number of hydrogen-bond donors (Lipinski definition) is 2. The SMILES string of the molecule is COc1cc(-c2cc3[nH]c4ccc(C5CCCN(CC(C)(C)O)C5)cc4c3c(C)c2C)cn2ncnc12. The summed E-state index contributed by atoms with van der Waals surface area (Å²) in [7, 11) is 1.67. The fraction of sp³-hybridized carbons (Fsp3) is 0.400. The van der Waals surface area contributed by atoms with Crippen LogP contribution in [0.4, 0.5) is 0 Å². The van der Waals surface area contributed by atoms with Gasteiger partial charge in [-0.25, -0.2) is 9.50 Å². The molecule has 7 nitrogen and oxygen atoms in total. The Morgan fingerprint density at radius 1 is 1.14 bits per heavy atom. The number of nitrogens with one attached hydrogen (secondary N) is 1. The zero-order valence-corrected chi connectivity index (χ0v) is 22.3. The van der Waals surface area contributed by atoms with Crippen LogP contribution in [0.1, 0.15) is 49.3 Å². The van der Waals surface area contributed by atoms with E-state index in [1.165, 1.54) is 33.9 Å². The van der Waals surface area contributed by atoms with E-state index >= 15 is 0 Å². The standard InChI is InChI=1S/C30H35N5O2/c1-18-19(2)28-24-11-20(21-7-6-10-34(14-21)16-30(3,4)36)8-9-25(24)33-26(28)13-23(18)22-12-27(37-5)29-31-17-32-35(29)15-22/h8-9,11-13,15,17,21,33,36H,6-7,10,14,16H2,1-5H3. The fourth-order valence-electron chi connectivity index (χ4n) is 6.15. The van der Waals surface area contributed by atoms with E-state index in [4.69, 9.17) is 4.74 Å². The first-order chi connectivity index (χ1) is 17.7. The number of likely N-dealkylation sites (tertiary alicyclic amines) is 1. The van der Waals surface area contributed by atoms with Gasteiger partial charge < -0.3 is 14.8 Å². The molecule has 0 bridgehead atoms. The minimum atomic E-state index is -0.669. The second-order valence-corrected chi connectivity index (χ2v) is 11.2. The number of piperidine rings is 1. The molecule has 1 aliphatic heterocycles. The van der Waals surface area contributed by atoms with E-state index in [0.717, 1.165) is 41.7 Å². The summed E-state index contributed by atoms with van der Waals surface area (Å²) < 4.78 is 7.38. The van der Waals surface area contributed by atoms with Gasteiger partial charge in [-0.2, -0.15) is 5.10 Å². The molecule has 0 radical (unpaired) electrons. The number of β-amino-alcohol motifs (C(OH)–C–C–N with tert-alkyl or cyclic N) is 1. The zero-order chi connectivity index (χ0) is 25.9. The van der Waals surface area contributed by atoms with Gasteiger partial charge in [-0.05, 0) is 99.5 Å². The molecular weight excluding hydrogens is 462 g/mol. The molecule has 1 fully saturated rings. The summed E-state index contributed by atoms with van der Waals surface area (Å²) in [6, 6.07) is 11.2. The molecule has 1 saturated heterocycles. The van der Waals surface area contributed by atoms with E-state index in [2.05, 4.69) is 58.1 Å². The first kappa shape index (κ1) is 23.9. The average molecular weight is 498 g/mol. The number of hydrogen-bond acceptors (Lipinski definition) is 5. The van der Waals surface area contributed by atoms with Gasteiger partial charge in [0.2, 0.25) is 0 Å². The number of methoxy groups -OCH3 is 1. The monoisotopic (exact) mass is 497 g/mol. The van der Waals surface area contributed by atoms with Crippen molar-refractivity contribution in [3.8, 4) is 16.9 Å². The summed E-state index contributed by atoms with van der Waals surface area (Å²) in [5, 5.41) is 17.2. The maximum absolute atomic E-state index is 10.3. The van der Waals surface area contributed by atoms with Crippen LogP contribution >= 0.6 is 0 Å². The van der Waals surface area contributed by atoms with Crippen LogP contribution in [0.2, 0.25) is 0 Å². The van der Waals surface area contributed by atoms with Gasteiger partial charge in [-0.15, -0.1) is 0 Å². The van der Waals surface area contributed by atoms with Crippen LogP contribution in [0.25, 0.3) is 38.6 Å². The lowest BCUT2D eigenvalue weighted by atomic mass is 9.88. The molecule has 2 aromatic carbocycles. The molecule has 7 heteroatoms. The Hall–Kier alpha value is -3.42. The second-order valence-electron chi connectivity index (χ2n) is 11.2. The van der Waals surface area contributed by atoms with Gasteiger partial charge in [-0.1, -0.05) is 6.07 Å². The van der Waals surface area contributed by atoms with Crippen LogP contribution in [-0.4, -0.2) is 61.9 Å². The van der Waals surface area contributed by atoms with Crippen LogP contribution < -0.4 is 4.74 Å². The van der Waals surface area contributed by atoms with Crippen LogP contribution in [0, 0.1) is 13.8 Å². The Bertz CT molecular complexity index is 1620. The van der Waals surface area contributed by atoms with Crippen molar-refractivity contribution in [2.45, 2.75) is 52.1 Å². The predicted molar refractivity (Wildman–Crippen MR) is 149 cm³/mol. The predicted octanol–water partition coefficient (Wildman–Crippen LogP) is 5.61.